The van der Waals surface area contributed by atoms with E-state index in [2.05, 4.69) is 25.0 Å². The summed E-state index contributed by atoms with van der Waals surface area (Å²) in [6.45, 7) is 15.2. The summed E-state index contributed by atoms with van der Waals surface area (Å²) in [7, 11) is 0. The van der Waals surface area contributed by atoms with E-state index in [4.69, 9.17) is 9.47 Å². The molecule has 9 nitrogen and oxygen atoms in total. The summed E-state index contributed by atoms with van der Waals surface area (Å²) < 4.78 is 10.0. The molecular formula is C29H45N3O6S. The molecule has 218 valence electrons. The third-order valence-electron chi connectivity index (χ3n) is 8.84. The van der Waals surface area contributed by atoms with Crippen LogP contribution in [0.2, 0.25) is 0 Å². The van der Waals surface area contributed by atoms with Crippen LogP contribution in [-0.4, -0.2) is 119 Å². The number of carbonyl (C=O) groups is 3. The monoisotopic (exact) mass is 563 g/mol. The average Bonchev–Trinajstić information content (AvgIpc) is 3.50. The first kappa shape index (κ1) is 30.1. The van der Waals surface area contributed by atoms with Crippen LogP contribution in [-0.2, 0) is 23.9 Å². The number of ether oxygens (including phenoxy) is 2. The van der Waals surface area contributed by atoms with Gasteiger partial charge in [0, 0.05) is 50.6 Å². The summed E-state index contributed by atoms with van der Waals surface area (Å²) in [4.78, 5) is 47.9. The van der Waals surface area contributed by atoms with Crippen molar-refractivity contribution in [1.82, 2.24) is 14.7 Å². The lowest BCUT2D eigenvalue weighted by Gasteiger charge is -2.38. The highest BCUT2D eigenvalue weighted by atomic mass is 32.2. The average molecular weight is 564 g/mol. The number of rotatable bonds is 15. The number of hydrogen-bond acceptors (Lipinski definition) is 8. The molecule has 0 aromatic carbocycles. The van der Waals surface area contributed by atoms with Crippen molar-refractivity contribution in [2.75, 3.05) is 65.7 Å². The summed E-state index contributed by atoms with van der Waals surface area (Å²) >= 11 is 1.67. The number of hydrogen-bond donors (Lipinski definition) is 1. The quantitative estimate of drug-likeness (QED) is 0.184. The van der Waals surface area contributed by atoms with Crippen molar-refractivity contribution in [3.8, 4) is 0 Å². The van der Waals surface area contributed by atoms with E-state index in [1.165, 1.54) is 0 Å². The Balaban J connectivity index is 1.61. The SMILES string of the molecule is C=CCCOC(=O)[C@H]1[C@H]2C(=O)N(CCCCCO)C(C(=O)N(CC=C)CCN3CCOCC3)C23CC[C@]1(C)S3. The van der Waals surface area contributed by atoms with Crippen LogP contribution in [0.25, 0.3) is 0 Å². The Kier molecular flexibility index (Phi) is 10.2. The predicted molar refractivity (Wildman–Crippen MR) is 151 cm³/mol. The highest BCUT2D eigenvalue weighted by Crippen LogP contribution is 2.71. The maximum absolute atomic E-state index is 14.4. The Morgan fingerprint density at radius 1 is 1.18 bits per heavy atom. The summed E-state index contributed by atoms with van der Waals surface area (Å²) in [6.07, 6.45) is 7.62. The van der Waals surface area contributed by atoms with Gasteiger partial charge in [0.05, 0.1) is 36.4 Å². The van der Waals surface area contributed by atoms with Crippen LogP contribution in [0.1, 0.15) is 45.4 Å². The van der Waals surface area contributed by atoms with Gasteiger partial charge in [-0.25, -0.2) is 0 Å². The molecule has 4 aliphatic rings. The van der Waals surface area contributed by atoms with Crippen LogP contribution in [0, 0.1) is 11.8 Å². The van der Waals surface area contributed by atoms with Gasteiger partial charge in [-0.2, -0.15) is 0 Å². The third kappa shape index (κ3) is 5.94. The van der Waals surface area contributed by atoms with Crippen LogP contribution >= 0.6 is 11.8 Å². The largest absolute Gasteiger partial charge is 0.465 e. The minimum atomic E-state index is -0.652. The second-order valence-electron chi connectivity index (χ2n) is 11.3. The fraction of sp³-hybridized carbons (Fsp3) is 0.759. The van der Waals surface area contributed by atoms with Gasteiger partial charge in [0.2, 0.25) is 11.8 Å². The number of nitrogens with zero attached hydrogens (tertiary/aromatic N) is 3. The molecule has 0 saturated carbocycles. The number of morpholine rings is 1. The van der Waals surface area contributed by atoms with Gasteiger partial charge in [-0.1, -0.05) is 12.2 Å². The minimum Gasteiger partial charge on any atom is -0.465 e. The molecule has 4 aliphatic heterocycles. The lowest BCUT2D eigenvalue weighted by Crippen LogP contribution is -2.56. The molecule has 0 aromatic rings. The van der Waals surface area contributed by atoms with Crippen LogP contribution in [0.4, 0.5) is 0 Å². The van der Waals surface area contributed by atoms with Gasteiger partial charge in [0.1, 0.15) is 6.04 Å². The number of amides is 2. The number of likely N-dealkylation sites (tertiary alicyclic amines) is 1. The zero-order valence-corrected chi connectivity index (χ0v) is 24.2. The first-order valence-corrected chi connectivity index (χ1v) is 15.2. The zero-order valence-electron chi connectivity index (χ0n) is 23.4. The molecule has 4 rings (SSSR count). The highest BCUT2D eigenvalue weighted by Gasteiger charge is 2.77. The summed E-state index contributed by atoms with van der Waals surface area (Å²) in [5, 5.41) is 9.25. The van der Waals surface area contributed by atoms with Crippen molar-refractivity contribution in [1.29, 1.82) is 0 Å². The lowest BCUT2D eigenvalue weighted by atomic mass is 9.66. The second-order valence-corrected chi connectivity index (χ2v) is 13.2. The van der Waals surface area contributed by atoms with E-state index in [9.17, 15) is 19.5 Å². The van der Waals surface area contributed by atoms with E-state index < -0.39 is 27.4 Å². The zero-order chi connectivity index (χ0) is 28.0. The normalized spacial score (nSPS) is 31.8. The summed E-state index contributed by atoms with van der Waals surface area (Å²) in [5.74, 6) is -1.65. The Labute approximate surface area is 236 Å². The fourth-order valence-corrected chi connectivity index (χ4v) is 9.25. The fourth-order valence-electron chi connectivity index (χ4n) is 6.91. The summed E-state index contributed by atoms with van der Waals surface area (Å²) in [6, 6.07) is -0.633. The smallest absolute Gasteiger partial charge is 0.311 e. The number of unbranched alkanes of at least 4 members (excludes halogenated alkanes) is 2. The molecule has 4 fully saturated rings. The molecule has 39 heavy (non-hydrogen) atoms. The van der Waals surface area contributed by atoms with Crippen LogP contribution < -0.4 is 0 Å². The molecule has 1 N–H and O–H groups in total. The molecule has 10 heteroatoms. The molecule has 0 aliphatic carbocycles. The molecule has 4 saturated heterocycles. The van der Waals surface area contributed by atoms with Crippen molar-refractivity contribution < 1.29 is 29.0 Å². The van der Waals surface area contributed by atoms with Crippen LogP contribution in [0.5, 0.6) is 0 Å². The maximum atomic E-state index is 14.4. The Hall–Kier alpha value is -1.88. The number of fused-ring (bicyclic) bond motifs is 1. The maximum Gasteiger partial charge on any atom is 0.311 e. The first-order chi connectivity index (χ1) is 18.8. The Morgan fingerprint density at radius 2 is 1.95 bits per heavy atom. The Bertz CT molecular complexity index is 927. The number of carbonyl (C=O) groups excluding carboxylic acids is 3. The molecule has 2 unspecified atom stereocenters. The lowest BCUT2D eigenvalue weighted by molar-refractivity contribution is -0.155. The molecule has 2 bridgehead atoms. The van der Waals surface area contributed by atoms with E-state index >= 15 is 0 Å². The van der Waals surface area contributed by atoms with Crippen LogP contribution in [0.3, 0.4) is 0 Å². The topological polar surface area (TPSA) is 99.6 Å². The van der Waals surface area contributed by atoms with Crippen molar-refractivity contribution in [2.24, 2.45) is 11.8 Å². The standard InChI is InChI=1S/C29H45N3O6S/c1-4-6-19-38-27(36)23-22-25(34)32(13-8-7-9-18-33)24(29(22)11-10-28(23,3)39-29)26(35)31(12-5-2)15-14-30-16-20-37-21-17-30/h4-5,22-24,33H,1-2,6-21H2,3H3/t22-,23+,24?,28-,29?/m0/s1. The molecule has 4 heterocycles. The van der Waals surface area contributed by atoms with E-state index in [0.29, 0.717) is 52.1 Å². The molecule has 2 amide bonds. The van der Waals surface area contributed by atoms with Gasteiger partial charge < -0.3 is 24.4 Å². The number of esters is 1. The van der Waals surface area contributed by atoms with Gasteiger partial charge in [-0.15, -0.1) is 24.9 Å². The van der Waals surface area contributed by atoms with E-state index in [1.807, 2.05) is 4.90 Å². The number of aliphatic hydroxyl groups excluding tert-OH is 1. The molecule has 1 spiro atoms. The predicted octanol–water partition coefficient (Wildman–Crippen LogP) is 2.10. The second kappa shape index (κ2) is 13.2. The third-order valence-corrected chi connectivity index (χ3v) is 10.8. The van der Waals surface area contributed by atoms with E-state index in [0.717, 1.165) is 38.9 Å². The van der Waals surface area contributed by atoms with Gasteiger partial charge in [-0.3, -0.25) is 19.3 Å². The van der Waals surface area contributed by atoms with E-state index in [-0.39, 0.29) is 31.0 Å². The highest BCUT2D eigenvalue weighted by molar-refractivity contribution is 8.02. The van der Waals surface area contributed by atoms with Crippen molar-refractivity contribution in [3.05, 3.63) is 25.3 Å². The summed E-state index contributed by atoms with van der Waals surface area (Å²) in [5.41, 5.74) is 0. The van der Waals surface area contributed by atoms with Gasteiger partial charge in [-0.05, 0) is 45.4 Å². The van der Waals surface area contributed by atoms with E-state index in [1.54, 1.807) is 28.8 Å². The van der Waals surface area contributed by atoms with Crippen molar-refractivity contribution in [3.63, 3.8) is 0 Å². The van der Waals surface area contributed by atoms with Crippen molar-refractivity contribution >= 4 is 29.5 Å². The minimum absolute atomic E-state index is 0.0569. The molecule has 0 radical (unpaired) electrons. The van der Waals surface area contributed by atoms with Gasteiger partial charge in [0.25, 0.3) is 0 Å². The molecule has 0 aromatic heterocycles. The molecular weight excluding hydrogens is 518 g/mol. The van der Waals surface area contributed by atoms with Gasteiger partial charge >= 0.3 is 5.97 Å². The van der Waals surface area contributed by atoms with Crippen molar-refractivity contribution in [2.45, 2.75) is 61.0 Å². The molecule has 5 atom stereocenters. The van der Waals surface area contributed by atoms with Crippen LogP contribution in [0.15, 0.2) is 25.3 Å². The first-order valence-electron chi connectivity index (χ1n) is 14.4. The number of thioether (sulfide) groups is 1. The number of aliphatic hydroxyl groups is 1. The van der Waals surface area contributed by atoms with Gasteiger partial charge in [0.15, 0.2) is 0 Å². The Morgan fingerprint density at radius 3 is 2.64 bits per heavy atom.